The molecule has 0 fully saturated rings. The minimum atomic E-state index is 0.680. The molecule has 0 radical (unpaired) electrons. The third-order valence-electron chi connectivity index (χ3n) is 5.24. The van der Waals surface area contributed by atoms with E-state index in [-0.39, 0.29) is 0 Å². The van der Waals surface area contributed by atoms with Crippen LogP contribution in [0, 0.1) is 0 Å². The molecule has 0 bridgehead atoms. The maximum atomic E-state index is 4.58. The first-order valence-electron chi connectivity index (χ1n) is 9.99. The van der Waals surface area contributed by atoms with E-state index in [0.717, 1.165) is 22.9 Å². The zero-order valence-corrected chi connectivity index (χ0v) is 17.3. The maximum absolute atomic E-state index is 4.58. The lowest BCUT2D eigenvalue weighted by molar-refractivity contribution is 0.765. The minimum Gasteiger partial charge on any atom is -0.306 e. The van der Waals surface area contributed by atoms with Gasteiger partial charge < -0.3 is 4.57 Å². The second-order valence-electron chi connectivity index (χ2n) is 7.19. The highest BCUT2D eigenvalue weighted by Crippen LogP contribution is 2.33. The Hall–Kier alpha value is -3.50. The first-order valence-corrected chi connectivity index (χ1v) is 10.8. The quantitative estimate of drug-likeness (QED) is 0.297. The monoisotopic (exact) mass is 407 g/mol. The van der Waals surface area contributed by atoms with Gasteiger partial charge in [0.2, 0.25) is 0 Å². The van der Waals surface area contributed by atoms with Crippen molar-refractivity contribution in [3.63, 3.8) is 0 Å². The number of hydrogen-bond acceptors (Lipinski definition) is 3. The van der Waals surface area contributed by atoms with E-state index in [0.29, 0.717) is 6.54 Å². The smallest absolute Gasteiger partial charge is 0.174 e. The Bertz CT molecular complexity index is 1280. The molecule has 0 saturated heterocycles. The number of rotatable bonds is 6. The highest BCUT2D eigenvalue weighted by atomic mass is 32.1. The number of hydrogen-bond donors (Lipinski definition) is 0. The van der Waals surface area contributed by atoms with Gasteiger partial charge in [-0.15, -0.1) is 28.1 Å². The van der Waals surface area contributed by atoms with Gasteiger partial charge in [-0.1, -0.05) is 78.9 Å². The predicted molar refractivity (Wildman–Crippen MR) is 126 cm³/mol. The van der Waals surface area contributed by atoms with Crippen LogP contribution in [0.2, 0.25) is 0 Å². The predicted octanol–water partition coefficient (Wildman–Crippen LogP) is 6.60. The highest BCUT2D eigenvalue weighted by Gasteiger charge is 2.17. The molecule has 0 N–H and O–H groups in total. The van der Waals surface area contributed by atoms with Gasteiger partial charge >= 0.3 is 0 Å². The molecule has 0 spiro atoms. The van der Waals surface area contributed by atoms with Gasteiger partial charge in [0.15, 0.2) is 5.82 Å². The number of thiophene rings is 1. The summed E-state index contributed by atoms with van der Waals surface area (Å²) in [6, 6.07) is 29.6. The molecule has 3 nitrogen and oxygen atoms in total. The normalized spacial score (nSPS) is 11.1. The summed E-state index contributed by atoms with van der Waals surface area (Å²) in [5.74, 6) is 1.86. The van der Waals surface area contributed by atoms with Crippen LogP contribution in [0.1, 0.15) is 11.4 Å². The number of allylic oxidation sites excluding steroid dienone is 1. The maximum Gasteiger partial charge on any atom is 0.174 e. The van der Waals surface area contributed by atoms with Crippen molar-refractivity contribution in [3.05, 3.63) is 109 Å². The Labute approximate surface area is 180 Å². The van der Waals surface area contributed by atoms with Gasteiger partial charge in [0.25, 0.3) is 0 Å². The Kier molecular flexibility index (Phi) is 4.99. The van der Waals surface area contributed by atoms with E-state index < -0.39 is 0 Å². The first-order chi connectivity index (χ1) is 14.8. The van der Waals surface area contributed by atoms with Gasteiger partial charge in [-0.05, 0) is 34.2 Å². The Morgan fingerprint density at radius 2 is 1.63 bits per heavy atom. The average molecular weight is 408 g/mol. The third kappa shape index (κ3) is 3.46. The van der Waals surface area contributed by atoms with Crippen LogP contribution in [0.15, 0.2) is 97.6 Å². The standard InChI is InChI=1S/C26H21N3S/c1-2-16-29-25(18-20-12-6-8-14-22(20)19-10-4-3-5-11-19)27-28-26(29)24-17-21-13-7-9-15-23(21)30-24/h2-15,17H,1,16,18H2. The van der Waals surface area contributed by atoms with Crippen LogP contribution in [-0.4, -0.2) is 14.8 Å². The van der Waals surface area contributed by atoms with Crippen LogP contribution in [-0.2, 0) is 13.0 Å². The van der Waals surface area contributed by atoms with E-state index in [1.807, 2.05) is 12.1 Å². The molecule has 3 aromatic carbocycles. The molecule has 0 atom stereocenters. The summed E-state index contributed by atoms with van der Waals surface area (Å²) < 4.78 is 3.44. The van der Waals surface area contributed by atoms with Gasteiger partial charge in [-0.2, -0.15) is 0 Å². The van der Waals surface area contributed by atoms with Gasteiger partial charge in [0.1, 0.15) is 5.82 Å². The van der Waals surface area contributed by atoms with Crippen molar-refractivity contribution in [1.29, 1.82) is 0 Å². The summed E-state index contributed by atoms with van der Waals surface area (Å²) >= 11 is 1.75. The molecule has 5 rings (SSSR count). The molecule has 5 aromatic rings. The van der Waals surface area contributed by atoms with Crippen molar-refractivity contribution < 1.29 is 0 Å². The molecule has 0 aliphatic heterocycles. The highest BCUT2D eigenvalue weighted by molar-refractivity contribution is 7.22. The second-order valence-corrected chi connectivity index (χ2v) is 8.27. The van der Waals surface area contributed by atoms with Crippen LogP contribution >= 0.6 is 11.3 Å². The van der Waals surface area contributed by atoms with Gasteiger partial charge in [0.05, 0.1) is 4.88 Å². The largest absolute Gasteiger partial charge is 0.306 e. The van der Waals surface area contributed by atoms with Crippen molar-refractivity contribution >= 4 is 21.4 Å². The number of fused-ring (bicyclic) bond motifs is 1. The summed E-state index contributed by atoms with van der Waals surface area (Å²) in [4.78, 5) is 1.13. The summed E-state index contributed by atoms with van der Waals surface area (Å²) in [6.45, 7) is 4.63. The third-order valence-corrected chi connectivity index (χ3v) is 6.35. The minimum absolute atomic E-state index is 0.680. The van der Waals surface area contributed by atoms with Crippen molar-refractivity contribution in [3.8, 4) is 21.8 Å². The zero-order chi connectivity index (χ0) is 20.3. The second kappa shape index (κ2) is 8.09. The molecular weight excluding hydrogens is 386 g/mol. The van der Waals surface area contributed by atoms with Crippen LogP contribution < -0.4 is 0 Å². The van der Waals surface area contributed by atoms with Gasteiger partial charge in [-0.3, -0.25) is 0 Å². The van der Waals surface area contributed by atoms with E-state index in [1.165, 1.54) is 26.8 Å². The fourth-order valence-electron chi connectivity index (χ4n) is 3.81. The molecular formula is C26H21N3S. The van der Waals surface area contributed by atoms with Gasteiger partial charge in [0, 0.05) is 17.7 Å². The lowest BCUT2D eigenvalue weighted by atomic mass is 9.97. The van der Waals surface area contributed by atoms with Crippen molar-refractivity contribution in [1.82, 2.24) is 14.8 Å². The van der Waals surface area contributed by atoms with Crippen molar-refractivity contribution in [2.75, 3.05) is 0 Å². The van der Waals surface area contributed by atoms with E-state index in [1.54, 1.807) is 11.3 Å². The molecule has 2 aromatic heterocycles. The molecule has 146 valence electrons. The lowest BCUT2D eigenvalue weighted by Gasteiger charge is -2.11. The average Bonchev–Trinajstić information content (AvgIpc) is 3.39. The molecule has 0 aliphatic carbocycles. The van der Waals surface area contributed by atoms with Crippen LogP contribution in [0.25, 0.3) is 31.9 Å². The van der Waals surface area contributed by atoms with Crippen molar-refractivity contribution in [2.24, 2.45) is 0 Å². The fraction of sp³-hybridized carbons (Fsp3) is 0.0769. The lowest BCUT2D eigenvalue weighted by Crippen LogP contribution is -2.05. The van der Waals surface area contributed by atoms with E-state index in [4.69, 9.17) is 0 Å². The van der Waals surface area contributed by atoms with Crippen molar-refractivity contribution in [2.45, 2.75) is 13.0 Å². The molecule has 30 heavy (non-hydrogen) atoms. The Morgan fingerprint density at radius 3 is 2.47 bits per heavy atom. The van der Waals surface area contributed by atoms with Crippen LogP contribution in [0.3, 0.4) is 0 Å². The molecule has 4 heteroatoms. The summed E-state index contributed by atoms with van der Waals surface area (Å²) in [7, 11) is 0. The summed E-state index contributed by atoms with van der Waals surface area (Å²) in [6.07, 6.45) is 2.63. The van der Waals surface area contributed by atoms with E-state index in [9.17, 15) is 0 Å². The van der Waals surface area contributed by atoms with Gasteiger partial charge in [-0.25, -0.2) is 0 Å². The molecule has 0 unspecified atom stereocenters. The zero-order valence-electron chi connectivity index (χ0n) is 16.5. The summed E-state index contributed by atoms with van der Waals surface area (Å²) in [5.41, 5.74) is 3.69. The molecule has 0 amide bonds. The number of nitrogens with zero attached hydrogens (tertiary/aromatic N) is 3. The number of benzene rings is 3. The Morgan fingerprint density at radius 1 is 0.867 bits per heavy atom. The topological polar surface area (TPSA) is 30.7 Å². The number of aromatic nitrogens is 3. The molecule has 0 aliphatic rings. The Balaban J connectivity index is 1.56. The van der Waals surface area contributed by atoms with E-state index in [2.05, 4.69) is 100 Å². The molecule has 2 heterocycles. The summed E-state index contributed by atoms with van der Waals surface area (Å²) in [5, 5.41) is 10.4. The van der Waals surface area contributed by atoms with E-state index >= 15 is 0 Å². The molecule has 0 saturated carbocycles. The SMILES string of the molecule is C=CCn1c(Cc2ccccc2-c2ccccc2)nnc1-c1cc2ccccc2s1. The fourth-order valence-corrected chi connectivity index (χ4v) is 4.86. The first kappa shape index (κ1) is 18.5. The van der Waals surface area contributed by atoms with Crippen LogP contribution in [0.4, 0.5) is 0 Å². The van der Waals surface area contributed by atoms with Crippen LogP contribution in [0.5, 0.6) is 0 Å².